The van der Waals surface area contributed by atoms with Crippen LogP contribution in [0.15, 0.2) is 60.7 Å². The Labute approximate surface area is 194 Å². The Bertz CT molecular complexity index is 1100. The van der Waals surface area contributed by atoms with Crippen molar-refractivity contribution in [2.75, 3.05) is 13.7 Å². The minimum Gasteiger partial charge on any atom is -0.465 e. The van der Waals surface area contributed by atoms with E-state index in [0.29, 0.717) is 23.2 Å². The number of unbranched alkanes of at least 4 members (excludes halogenated alkanes) is 5. The van der Waals surface area contributed by atoms with Gasteiger partial charge in [-0.3, -0.25) is 14.5 Å². The maximum absolute atomic E-state index is 12.4. The third kappa shape index (κ3) is 4.82. The zero-order chi connectivity index (χ0) is 23.2. The van der Waals surface area contributed by atoms with E-state index in [1.807, 2.05) is 30.3 Å². The molecule has 1 heterocycles. The SMILES string of the molecule is COC(=O)c1cc(CCCCCCCCN2C(=O)c3ccccc3C2=O)c2cccccc1-2. The molecule has 33 heavy (non-hydrogen) atoms. The molecular formula is C28H29NO4. The van der Waals surface area contributed by atoms with Gasteiger partial charge in [0.15, 0.2) is 0 Å². The third-order valence-electron chi connectivity index (χ3n) is 6.35. The summed E-state index contributed by atoms with van der Waals surface area (Å²) < 4.78 is 4.95. The van der Waals surface area contributed by atoms with Crippen LogP contribution in [0.4, 0.5) is 0 Å². The lowest BCUT2D eigenvalue weighted by atomic mass is 10.0. The number of fused-ring (bicyclic) bond motifs is 2. The van der Waals surface area contributed by atoms with Crippen molar-refractivity contribution in [3.63, 3.8) is 0 Å². The molecule has 0 spiro atoms. The average Bonchev–Trinajstić information content (AvgIpc) is 3.16. The molecule has 2 amide bonds. The van der Waals surface area contributed by atoms with Crippen molar-refractivity contribution in [3.05, 3.63) is 82.9 Å². The molecule has 0 saturated heterocycles. The van der Waals surface area contributed by atoms with E-state index in [0.717, 1.165) is 56.1 Å². The van der Waals surface area contributed by atoms with E-state index >= 15 is 0 Å². The van der Waals surface area contributed by atoms with Gasteiger partial charge >= 0.3 is 5.97 Å². The lowest BCUT2D eigenvalue weighted by molar-refractivity contribution is 0.0599. The monoisotopic (exact) mass is 443 g/mol. The molecule has 4 rings (SSSR count). The Kier molecular flexibility index (Phi) is 7.18. The number of imide groups is 1. The fourth-order valence-corrected chi connectivity index (χ4v) is 4.61. The first kappa shape index (κ1) is 22.7. The summed E-state index contributed by atoms with van der Waals surface area (Å²) in [5, 5.41) is 0. The highest BCUT2D eigenvalue weighted by molar-refractivity contribution is 6.21. The van der Waals surface area contributed by atoms with Gasteiger partial charge in [-0.25, -0.2) is 4.79 Å². The van der Waals surface area contributed by atoms with Crippen molar-refractivity contribution in [3.8, 4) is 11.1 Å². The van der Waals surface area contributed by atoms with Gasteiger partial charge in [0, 0.05) is 6.54 Å². The first-order chi connectivity index (χ1) is 16.1. The van der Waals surface area contributed by atoms with Crippen molar-refractivity contribution in [1.29, 1.82) is 0 Å². The van der Waals surface area contributed by atoms with E-state index in [9.17, 15) is 14.4 Å². The van der Waals surface area contributed by atoms with Crippen LogP contribution in [0.2, 0.25) is 0 Å². The maximum atomic E-state index is 12.4. The molecule has 5 nitrogen and oxygen atoms in total. The third-order valence-corrected chi connectivity index (χ3v) is 6.35. The number of amides is 2. The van der Waals surface area contributed by atoms with E-state index in [1.165, 1.54) is 17.6 Å². The molecule has 1 aromatic carbocycles. The minimum absolute atomic E-state index is 0.169. The average molecular weight is 444 g/mol. The van der Waals surface area contributed by atoms with Crippen molar-refractivity contribution in [2.45, 2.75) is 44.9 Å². The topological polar surface area (TPSA) is 63.7 Å². The number of methoxy groups -OCH3 is 1. The summed E-state index contributed by atoms with van der Waals surface area (Å²) in [6.07, 6.45) is 7.09. The van der Waals surface area contributed by atoms with Gasteiger partial charge in [0.1, 0.15) is 0 Å². The van der Waals surface area contributed by atoms with E-state index in [2.05, 4.69) is 6.07 Å². The number of nitrogens with zero attached hydrogens (tertiary/aromatic N) is 1. The van der Waals surface area contributed by atoms with Gasteiger partial charge in [-0.2, -0.15) is 0 Å². The van der Waals surface area contributed by atoms with Crippen LogP contribution in [0, 0.1) is 0 Å². The Balaban J connectivity index is 1.19. The van der Waals surface area contributed by atoms with E-state index in [1.54, 1.807) is 24.3 Å². The lowest BCUT2D eigenvalue weighted by Gasteiger charge is -2.13. The van der Waals surface area contributed by atoms with Crippen LogP contribution < -0.4 is 0 Å². The van der Waals surface area contributed by atoms with Crippen molar-refractivity contribution < 1.29 is 19.1 Å². The smallest absolute Gasteiger partial charge is 0.338 e. The van der Waals surface area contributed by atoms with Crippen LogP contribution >= 0.6 is 0 Å². The second-order valence-electron chi connectivity index (χ2n) is 8.49. The van der Waals surface area contributed by atoms with Gasteiger partial charge in [0.2, 0.25) is 0 Å². The number of benzene rings is 1. The largest absolute Gasteiger partial charge is 0.465 e. The lowest BCUT2D eigenvalue weighted by Crippen LogP contribution is -2.30. The Hall–Kier alpha value is -3.47. The van der Waals surface area contributed by atoms with Crippen LogP contribution in [0.1, 0.15) is 75.2 Å². The van der Waals surface area contributed by atoms with Crippen molar-refractivity contribution >= 4 is 17.8 Å². The molecule has 5 heteroatoms. The number of hydrogen-bond donors (Lipinski definition) is 0. The van der Waals surface area contributed by atoms with E-state index in [4.69, 9.17) is 4.74 Å². The highest BCUT2D eigenvalue weighted by Gasteiger charge is 2.34. The molecule has 1 aliphatic heterocycles. The minimum atomic E-state index is -0.296. The summed E-state index contributed by atoms with van der Waals surface area (Å²) in [5.41, 5.74) is 4.91. The Morgan fingerprint density at radius 1 is 0.727 bits per heavy atom. The second-order valence-corrected chi connectivity index (χ2v) is 8.49. The fraction of sp³-hybridized carbons (Fsp3) is 0.321. The molecule has 0 saturated carbocycles. The molecule has 170 valence electrons. The first-order valence-corrected chi connectivity index (χ1v) is 11.7. The van der Waals surface area contributed by atoms with Gasteiger partial charge in [-0.15, -0.1) is 0 Å². The number of rotatable bonds is 10. The van der Waals surface area contributed by atoms with Crippen LogP contribution in [0.25, 0.3) is 11.1 Å². The summed E-state index contributed by atoms with van der Waals surface area (Å²) >= 11 is 0. The molecule has 3 aliphatic rings. The maximum Gasteiger partial charge on any atom is 0.338 e. The highest BCUT2D eigenvalue weighted by Crippen LogP contribution is 2.33. The van der Waals surface area contributed by atoms with Crippen LogP contribution in [0.5, 0.6) is 0 Å². The molecule has 0 fully saturated rings. The van der Waals surface area contributed by atoms with E-state index in [-0.39, 0.29) is 17.8 Å². The van der Waals surface area contributed by atoms with Gasteiger partial charge in [0.05, 0.1) is 23.8 Å². The number of carbonyl (C=O) groups is 3. The fourth-order valence-electron chi connectivity index (χ4n) is 4.61. The Morgan fingerprint density at radius 2 is 1.27 bits per heavy atom. The van der Waals surface area contributed by atoms with E-state index < -0.39 is 0 Å². The summed E-state index contributed by atoms with van der Waals surface area (Å²) in [6.45, 7) is 0.485. The second kappa shape index (κ2) is 10.4. The molecule has 0 radical (unpaired) electrons. The summed E-state index contributed by atoms with van der Waals surface area (Å²) in [6, 6.07) is 19.0. The Morgan fingerprint density at radius 3 is 1.94 bits per heavy atom. The molecule has 2 aliphatic carbocycles. The normalized spacial score (nSPS) is 12.9. The van der Waals surface area contributed by atoms with Gasteiger partial charge in [-0.1, -0.05) is 68.1 Å². The number of ether oxygens (including phenoxy) is 1. The predicted molar refractivity (Wildman–Crippen MR) is 128 cm³/mol. The summed E-state index contributed by atoms with van der Waals surface area (Å²) in [4.78, 5) is 38.3. The molecule has 1 aromatic rings. The standard InChI is InChI=1S/C28H29NO4/c1-33-28(32)25-19-20(21-14-8-6-9-15-22(21)25)13-7-4-2-3-5-12-18-29-26(30)23-16-10-11-17-24(23)27(29)31/h6,8-11,14-17,19H,2-5,7,12-13,18H2,1H3. The van der Waals surface area contributed by atoms with Crippen molar-refractivity contribution in [2.24, 2.45) is 0 Å². The van der Waals surface area contributed by atoms with Crippen molar-refractivity contribution in [1.82, 2.24) is 4.90 Å². The summed E-state index contributed by atoms with van der Waals surface area (Å²) in [7, 11) is 1.41. The predicted octanol–water partition coefficient (Wildman–Crippen LogP) is 5.76. The van der Waals surface area contributed by atoms with Gasteiger partial charge in [-0.05, 0) is 54.2 Å². The number of hydrogen-bond acceptors (Lipinski definition) is 4. The first-order valence-electron chi connectivity index (χ1n) is 11.7. The quantitative estimate of drug-likeness (QED) is 0.227. The molecule has 0 atom stereocenters. The number of esters is 1. The van der Waals surface area contributed by atoms with Gasteiger partial charge in [0.25, 0.3) is 11.8 Å². The van der Waals surface area contributed by atoms with Crippen LogP contribution in [-0.2, 0) is 11.2 Å². The zero-order valence-corrected chi connectivity index (χ0v) is 19.0. The molecular weight excluding hydrogens is 414 g/mol. The molecule has 0 bridgehead atoms. The number of aryl methyl sites for hydroxylation is 1. The molecule has 0 aromatic heterocycles. The van der Waals surface area contributed by atoms with Crippen LogP contribution in [0.3, 0.4) is 0 Å². The number of carbonyl (C=O) groups excluding carboxylic acids is 3. The zero-order valence-electron chi connectivity index (χ0n) is 19.0. The molecule has 0 unspecified atom stereocenters. The highest BCUT2D eigenvalue weighted by atomic mass is 16.5. The van der Waals surface area contributed by atoms with Gasteiger partial charge < -0.3 is 4.74 Å². The molecule has 0 N–H and O–H groups in total. The summed E-state index contributed by atoms with van der Waals surface area (Å²) in [5.74, 6) is -0.634. The van der Waals surface area contributed by atoms with Crippen LogP contribution in [-0.4, -0.2) is 36.3 Å².